The summed E-state index contributed by atoms with van der Waals surface area (Å²) >= 11 is 0. The highest BCUT2D eigenvalue weighted by atomic mass is 16.3. The molecule has 0 saturated carbocycles. The fourth-order valence-corrected chi connectivity index (χ4v) is 3.30. The Bertz CT molecular complexity index is 1290. The number of nitrogens with zero attached hydrogens (tertiary/aromatic N) is 3. The van der Waals surface area contributed by atoms with Crippen LogP contribution >= 0.6 is 0 Å². The molecule has 0 fully saturated rings. The molecule has 7 nitrogen and oxygen atoms in total. The second-order valence-electron chi connectivity index (χ2n) is 9.21. The fourth-order valence-electron chi connectivity index (χ4n) is 3.30. The molecule has 0 aliphatic rings. The first-order valence-electron chi connectivity index (χ1n) is 10.9. The SMILES string of the molecule is Cc1ccc(-c2cn3nc(NCc4ccc(CO)cc4)ccc3n2)cc1NC(=O)C(C)(C)C. The summed E-state index contributed by atoms with van der Waals surface area (Å²) in [7, 11) is 0. The Hall–Kier alpha value is -3.71. The second-order valence-corrected chi connectivity index (χ2v) is 9.21. The number of rotatable bonds is 6. The zero-order valence-electron chi connectivity index (χ0n) is 19.4. The molecule has 0 bridgehead atoms. The van der Waals surface area contributed by atoms with E-state index >= 15 is 0 Å². The molecule has 2 aromatic carbocycles. The van der Waals surface area contributed by atoms with Gasteiger partial charge in [-0.1, -0.05) is 57.2 Å². The third-order valence-corrected chi connectivity index (χ3v) is 5.46. The number of nitrogens with one attached hydrogen (secondary N) is 2. The van der Waals surface area contributed by atoms with Crippen molar-refractivity contribution < 1.29 is 9.90 Å². The van der Waals surface area contributed by atoms with E-state index in [4.69, 9.17) is 10.1 Å². The number of amides is 1. The molecular formula is C26H29N5O2. The molecule has 2 aromatic heterocycles. The molecule has 0 aliphatic heterocycles. The lowest BCUT2D eigenvalue weighted by Crippen LogP contribution is -2.27. The zero-order chi connectivity index (χ0) is 23.6. The van der Waals surface area contributed by atoms with Crippen LogP contribution in [0.3, 0.4) is 0 Å². The minimum Gasteiger partial charge on any atom is -0.392 e. The van der Waals surface area contributed by atoms with E-state index in [1.807, 2.05) is 88.5 Å². The topological polar surface area (TPSA) is 91.6 Å². The number of imidazole rings is 1. The van der Waals surface area contributed by atoms with Crippen LogP contribution in [0.1, 0.15) is 37.5 Å². The number of fused-ring (bicyclic) bond motifs is 1. The van der Waals surface area contributed by atoms with Crippen molar-refractivity contribution in [3.05, 3.63) is 77.5 Å². The standard InChI is InChI=1S/C26H29N5O2/c1-17-5-10-20(13-21(17)29-25(33)26(2,3)4)22-15-31-24(28-22)12-11-23(30-31)27-14-18-6-8-19(16-32)9-7-18/h5-13,15,32H,14,16H2,1-4H3,(H,27,30)(H,29,33). The van der Waals surface area contributed by atoms with E-state index in [1.165, 1.54) is 0 Å². The molecular weight excluding hydrogens is 414 g/mol. The van der Waals surface area contributed by atoms with Crippen molar-refractivity contribution in [2.75, 3.05) is 10.6 Å². The Morgan fingerprint density at radius 3 is 2.45 bits per heavy atom. The first kappa shape index (κ1) is 22.5. The van der Waals surface area contributed by atoms with Crippen LogP contribution in [0.25, 0.3) is 16.9 Å². The summed E-state index contributed by atoms with van der Waals surface area (Å²) in [6, 6.07) is 17.6. The van der Waals surface area contributed by atoms with Crippen LogP contribution < -0.4 is 10.6 Å². The number of hydrogen-bond donors (Lipinski definition) is 3. The number of aliphatic hydroxyl groups excluding tert-OH is 1. The first-order valence-corrected chi connectivity index (χ1v) is 10.9. The van der Waals surface area contributed by atoms with Crippen molar-refractivity contribution in [1.82, 2.24) is 14.6 Å². The highest BCUT2D eigenvalue weighted by Crippen LogP contribution is 2.27. The van der Waals surface area contributed by atoms with E-state index in [0.29, 0.717) is 6.54 Å². The molecule has 4 rings (SSSR count). The van der Waals surface area contributed by atoms with Gasteiger partial charge < -0.3 is 15.7 Å². The molecule has 0 atom stereocenters. The third kappa shape index (κ3) is 5.21. The molecule has 1 amide bonds. The average molecular weight is 444 g/mol. The Balaban J connectivity index is 1.53. The van der Waals surface area contributed by atoms with Crippen molar-refractivity contribution in [3.8, 4) is 11.3 Å². The monoisotopic (exact) mass is 443 g/mol. The first-order chi connectivity index (χ1) is 15.7. The third-order valence-electron chi connectivity index (χ3n) is 5.46. The van der Waals surface area contributed by atoms with E-state index in [9.17, 15) is 4.79 Å². The Morgan fingerprint density at radius 2 is 1.76 bits per heavy atom. The highest BCUT2D eigenvalue weighted by Gasteiger charge is 2.22. The summed E-state index contributed by atoms with van der Waals surface area (Å²) in [5.41, 5.74) is 5.73. The lowest BCUT2D eigenvalue weighted by Gasteiger charge is -2.19. The van der Waals surface area contributed by atoms with E-state index in [-0.39, 0.29) is 12.5 Å². The minimum atomic E-state index is -0.472. The van der Waals surface area contributed by atoms with Gasteiger partial charge in [-0.15, -0.1) is 5.10 Å². The number of aromatic nitrogens is 3. The molecule has 33 heavy (non-hydrogen) atoms. The van der Waals surface area contributed by atoms with Crippen LogP contribution in [-0.2, 0) is 17.9 Å². The quantitative estimate of drug-likeness (QED) is 0.398. The number of carbonyl (C=O) groups is 1. The summed E-state index contributed by atoms with van der Waals surface area (Å²) in [6.07, 6.45) is 1.89. The number of carbonyl (C=O) groups excluding carboxylic acids is 1. The highest BCUT2D eigenvalue weighted by molar-refractivity contribution is 5.95. The molecule has 0 spiro atoms. The smallest absolute Gasteiger partial charge is 0.229 e. The minimum absolute atomic E-state index is 0.0267. The number of aryl methyl sites for hydroxylation is 1. The molecule has 0 saturated heterocycles. The fraction of sp³-hybridized carbons (Fsp3) is 0.269. The van der Waals surface area contributed by atoms with Gasteiger partial charge in [-0.25, -0.2) is 9.50 Å². The van der Waals surface area contributed by atoms with Gasteiger partial charge in [-0.3, -0.25) is 4.79 Å². The van der Waals surface area contributed by atoms with Crippen molar-refractivity contribution in [2.24, 2.45) is 5.41 Å². The van der Waals surface area contributed by atoms with Gasteiger partial charge in [0.05, 0.1) is 18.5 Å². The maximum atomic E-state index is 12.4. The average Bonchev–Trinajstić information content (AvgIpc) is 3.22. The van der Waals surface area contributed by atoms with Gasteiger partial charge in [-0.05, 0) is 41.8 Å². The maximum Gasteiger partial charge on any atom is 0.229 e. The Kier molecular flexibility index (Phi) is 6.16. The molecule has 3 N–H and O–H groups in total. The van der Waals surface area contributed by atoms with Gasteiger partial charge in [0.1, 0.15) is 5.82 Å². The maximum absolute atomic E-state index is 12.4. The van der Waals surface area contributed by atoms with E-state index in [1.54, 1.807) is 4.52 Å². The van der Waals surface area contributed by atoms with Crippen molar-refractivity contribution >= 4 is 23.1 Å². The van der Waals surface area contributed by atoms with Gasteiger partial charge in [0, 0.05) is 23.2 Å². The van der Waals surface area contributed by atoms with Crippen LogP contribution in [0.15, 0.2) is 60.8 Å². The molecule has 0 radical (unpaired) electrons. The predicted octanol–water partition coefficient (Wildman–Crippen LogP) is 4.79. The summed E-state index contributed by atoms with van der Waals surface area (Å²) in [4.78, 5) is 17.1. The number of anilines is 2. The van der Waals surface area contributed by atoms with Crippen molar-refractivity contribution in [1.29, 1.82) is 0 Å². The van der Waals surface area contributed by atoms with Crippen LogP contribution in [0.2, 0.25) is 0 Å². The van der Waals surface area contributed by atoms with Crippen LogP contribution in [0.4, 0.5) is 11.5 Å². The van der Waals surface area contributed by atoms with Gasteiger partial charge in [0.15, 0.2) is 5.65 Å². The largest absolute Gasteiger partial charge is 0.392 e. The Labute approximate surface area is 193 Å². The number of aliphatic hydroxyl groups is 1. The molecule has 2 heterocycles. The van der Waals surface area contributed by atoms with E-state index in [2.05, 4.69) is 15.7 Å². The molecule has 170 valence electrons. The van der Waals surface area contributed by atoms with Crippen LogP contribution in [-0.4, -0.2) is 25.6 Å². The normalized spacial score (nSPS) is 11.5. The predicted molar refractivity (Wildman–Crippen MR) is 131 cm³/mol. The van der Waals surface area contributed by atoms with Gasteiger partial charge in [-0.2, -0.15) is 0 Å². The number of hydrogen-bond acceptors (Lipinski definition) is 5. The van der Waals surface area contributed by atoms with Gasteiger partial charge in [0.25, 0.3) is 0 Å². The van der Waals surface area contributed by atoms with Crippen molar-refractivity contribution in [2.45, 2.75) is 40.8 Å². The van der Waals surface area contributed by atoms with E-state index < -0.39 is 5.41 Å². The summed E-state index contributed by atoms with van der Waals surface area (Å²) in [6.45, 7) is 8.32. The van der Waals surface area contributed by atoms with E-state index in [0.717, 1.165) is 45.1 Å². The van der Waals surface area contributed by atoms with Crippen LogP contribution in [0, 0.1) is 12.3 Å². The number of benzene rings is 2. The summed E-state index contributed by atoms with van der Waals surface area (Å²) in [5.74, 6) is 0.709. The zero-order valence-corrected chi connectivity index (χ0v) is 19.4. The summed E-state index contributed by atoms with van der Waals surface area (Å²) in [5, 5.41) is 20.1. The summed E-state index contributed by atoms with van der Waals surface area (Å²) < 4.78 is 1.75. The van der Waals surface area contributed by atoms with Gasteiger partial charge >= 0.3 is 0 Å². The van der Waals surface area contributed by atoms with Gasteiger partial charge in [0.2, 0.25) is 5.91 Å². The van der Waals surface area contributed by atoms with Crippen LogP contribution in [0.5, 0.6) is 0 Å². The lowest BCUT2D eigenvalue weighted by molar-refractivity contribution is -0.123. The lowest BCUT2D eigenvalue weighted by atomic mass is 9.95. The molecule has 7 heteroatoms. The van der Waals surface area contributed by atoms with Crippen molar-refractivity contribution in [3.63, 3.8) is 0 Å². The Morgan fingerprint density at radius 1 is 1.03 bits per heavy atom. The second kappa shape index (κ2) is 9.03. The molecule has 0 aliphatic carbocycles. The molecule has 0 unspecified atom stereocenters. The molecule has 4 aromatic rings.